The van der Waals surface area contributed by atoms with Gasteiger partial charge in [0.1, 0.15) is 0 Å². The average Bonchev–Trinajstić information content (AvgIpc) is 2.49. The number of rotatable bonds is 2. The minimum absolute atomic E-state index is 0.234. The second-order valence-electron chi connectivity index (χ2n) is 4.29. The average molecular weight is 184 g/mol. The van der Waals surface area contributed by atoms with E-state index >= 15 is 0 Å². The second kappa shape index (κ2) is 4.09. The Morgan fingerprint density at radius 1 is 1.54 bits per heavy atom. The highest BCUT2D eigenvalue weighted by Gasteiger charge is 2.28. The third-order valence-electron chi connectivity index (χ3n) is 2.86. The highest BCUT2D eigenvalue weighted by Crippen LogP contribution is 2.17. The lowest BCUT2D eigenvalue weighted by Crippen LogP contribution is -2.38. The Bertz CT molecular complexity index is 191. The van der Waals surface area contributed by atoms with Crippen LogP contribution in [0.25, 0.3) is 0 Å². The molecule has 1 atom stereocenters. The molecule has 3 heteroatoms. The van der Waals surface area contributed by atoms with Crippen molar-refractivity contribution < 1.29 is 4.79 Å². The topological polar surface area (TPSA) is 23.6 Å². The number of likely N-dealkylation sites (tertiary alicyclic amines) is 1. The molecule has 0 aliphatic carbocycles. The largest absolute Gasteiger partial charge is 0.343 e. The summed E-state index contributed by atoms with van der Waals surface area (Å²) >= 11 is 0. The van der Waals surface area contributed by atoms with Crippen molar-refractivity contribution in [1.82, 2.24) is 9.80 Å². The van der Waals surface area contributed by atoms with E-state index in [0.29, 0.717) is 11.9 Å². The molecular formula is C10H20N2O. The predicted molar refractivity (Wildman–Crippen MR) is 53.5 cm³/mol. The molecule has 1 heterocycles. The Labute approximate surface area is 80.7 Å². The van der Waals surface area contributed by atoms with E-state index in [0.717, 1.165) is 19.5 Å². The first-order chi connectivity index (χ1) is 6.02. The van der Waals surface area contributed by atoms with Crippen LogP contribution in [-0.4, -0.2) is 48.9 Å². The smallest absolute Gasteiger partial charge is 0.226 e. The molecule has 13 heavy (non-hydrogen) atoms. The van der Waals surface area contributed by atoms with Crippen molar-refractivity contribution in [2.45, 2.75) is 26.3 Å². The van der Waals surface area contributed by atoms with Crippen LogP contribution in [0.1, 0.15) is 20.3 Å². The molecule has 0 unspecified atom stereocenters. The zero-order chi connectivity index (χ0) is 10.0. The normalized spacial score (nSPS) is 23.9. The summed E-state index contributed by atoms with van der Waals surface area (Å²) in [6, 6.07) is 0.318. The fourth-order valence-electron chi connectivity index (χ4n) is 1.68. The van der Waals surface area contributed by atoms with Gasteiger partial charge in [-0.25, -0.2) is 0 Å². The molecule has 1 amide bonds. The summed E-state index contributed by atoms with van der Waals surface area (Å²) in [6.07, 6.45) is 1.02. The zero-order valence-corrected chi connectivity index (χ0v) is 9.08. The summed E-state index contributed by atoms with van der Waals surface area (Å²) in [4.78, 5) is 15.9. The molecule has 1 aliphatic heterocycles. The van der Waals surface area contributed by atoms with Gasteiger partial charge in [0.2, 0.25) is 5.91 Å². The summed E-state index contributed by atoms with van der Waals surface area (Å²) in [6.45, 7) is 6.09. The maximum Gasteiger partial charge on any atom is 0.226 e. The van der Waals surface area contributed by atoms with Crippen LogP contribution < -0.4 is 0 Å². The molecule has 0 aromatic carbocycles. The summed E-state index contributed by atoms with van der Waals surface area (Å²) in [7, 11) is 3.97. The Kier molecular flexibility index (Phi) is 3.31. The van der Waals surface area contributed by atoms with Gasteiger partial charge in [-0.15, -0.1) is 0 Å². The Morgan fingerprint density at radius 3 is 2.54 bits per heavy atom. The monoisotopic (exact) mass is 184 g/mol. The standard InChI is InChI=1S/C10H20N2O/c1-8(2)12(4)10(13)9-5-6-11(3)7-9/h8-9H,5-7H2,1-4H3/t9-/m1/s1. The summed E-state index contributed by atoms with van der Waals surface area (Å²) < 4.78 is 0. The molecule has 1 saturated heterocycles. The SMILES string of the molecule is CC(C)N(C)C(=O)[C@@H]1CCN(C)C1. The Balaban J connectivity index is 2.48. The first-order valence-electron chi connectivity index (χ1n) is 4.97. The van der Waals surface area contributed by atoms with E-state index in [9.17, 15) is 4.79 Å². The van der Waals surface area contributed by atoms with Crippen LogP contribution in [0.5, 0.6) is 0 Å². The Hall–Kier alpha value is -0.570. The van der Waals surface area contributed by atoms with Gasteiger partial charge in [0.15, 0.2) is 0 Å². The van der Waals surface area contributed by atoms with Gasteiger partial charge < -0.3 is 9.80 Å². The number of carbonyl (C=O) groups excluding carboxylic acids is 1. The lowest BCUT2D eigenvalue weighted by Gasteiger charge is -2.24. The van der Waals surface area contributed by atoms with E-state index < -0.39 is 0 Å². The van der Waals surface area contributed by atoms with Gasteiger partial charge in [-0.05, 0) is 33.9 Å². The fourth-order valence-corrected chi connectivity index (χ4v) is 1.68. The maximum absolute atomic E-state index is 11.8. The van der Waals surface area contributed by atoms with Crippen molar-refractivity contribution in [3.05, 3.63) is 0 Å². The summed E-state index contributed by atoms with van der Waals surface area (Å²) in [5.41, 5.74) is 0. The molecule has 0 aromatic heterocycles. The molecule has 3 nitrogen and oxygen atoms in total. The van der Waals surface area contributed by atoms with E-state index in [2.05, 4.69) is 25.8 Å². The van der Waals surface area contributed by atoms with Crippen molar-refractivity contribution in [2.24, 2.45) is 5.92 Å². The lowest BCUT2D eigenvalue weighted by atomic mass is 10.1. The van der Waals surface area contributed by atoms with E-state index in [1.54, 1.807) is 0 Å². The van der Waals surface area contributed by atoms with Crippen LogP contribution >= 0.6 is 0 Å². The highest BCUT2D eigenvalue weighted by molar-refractivity contribution is 5.79. The van der Waals surface area contributed by atoms with E-state index in [1.807, 2.05) is 11.9 Å². The number of hydrogen-bond acceptors (Lipinski definition) is 2. The maximum atomic E-state index is 11.8. The molecule has 0 saturated carbocycles. The van der Waals surface area contributed by atoms with Crippen molar-refractivity contribution in [1.29, 1.82) is 0 Å². The highest BCUT2D eigenvalue weighted by atomic mass is 16.2. The van der Waals surface area contributed by atoms with E-state index in [-0.39, 0.29) is 5.92 Å². The van der Waals surface area contributed by atoms with E-state index in [1.165, 1.54) is 0 Å². The van der Waals surface area contributed by atoms with Gasteiger partial charge in [0.05, 0.1) is 5.92 Å². The van der Waals surface area contributed by atoms with Gasteiger partial charge >= 0.3 is 0 Å². The van der Waals surface area contributed by atoms with Crippen molar-refractivity contribution in [3.8, 4) is 0 Å². The van der Waals surface area contributed by atoms with Crippen LogP contribution in [0.15, 0.2) is 0 Å². The van der Waals surface area contributed by atoms with Gasteiger partial charge in [0, 0.05) is 19.6 Å². The molecule has 0 spiro atoms. The first-order valence-corrected chi connectivity index (χ1v) is 4.97. The van der Waals surface area contributed by atoms with Crippen LogP contribution in [0.3, 0.4) is 0 Å². The van der Waals surface area contributed by atoms with Gasteiger partial charge in [-0.3, -0.25) is 4.79 Å². The van der Waals surface area contributed by atoms with Crippen LogP contribution in [-0.2, 0) is 4.79 Å². The van der Waals surface area contributed by atoms with Crippen molar-refractivity contribution >= 4 is 5.91 Å². The third kappa shape index (κ3) is 2.44. The van der Waals surface area contributed by atoms with E-state index in [4.69, 9.17) is 0 Å². The third-order valence-corrected chi connectivity index (χ3v) is 2.86. The first kappa shape index (κ1) is 10.5. The van der Waals surface area contributed by atoms with Crippen molar-refractivity contribution in [3.63, 3.8) is 0 Å². The molecule has 1 rings (SSSR count). The number of amides is 1. The summed E-state index contributed by atoms with van der Waals surface area (Å²) in [5, 5.41) is 0. The summed E-state index contributed by atoms with van der Waals surface area (Å²) in [5.74, 6) is 0.539. The number of carbonyl (C=O) groups is 1. The predicted octanol–water partition coefficient (Wildman–Crippen LogP) is 0.805. The molecule has 0 N–H and O–H groups in total. The molecule has 1 aliphatic rings. The van der Waals surface area contributed by atoms with Crippen LogP contribution in [0.4, 0.5) is 0 Å². The minimum atomic E-state index is 0.234. The Morgan fingerprint density at radius 2 is 2.15 bits per heavy atom. The second-order valence-corrected chi connectivity index (χ2v) is 4.29. The molecule has 1 fully saturated rings. The molecule has 0 aromatic rings. The quantitative estimate of drug-likeness (QED) is 0.634. The van der Waals surface area contributed by atoms with Gasteiger partial charge in [-0.2, -0.15) is 0 Å². The number of nitrogens with zero attached hydrogens (tertiary/aromatic N) is 2. The van der Waals surface area contributed by atoms with Gasteiger partial charge in [0.25, 0.3) is 0 Å². The zero-order valence-electron chi connectivity index (χ0n) is 9.08. The molecule has 76 valence electrons. The fraction of sp³-hybridized carbons (Fsp3) is 0.900. The molecule has 0 bridgehead atoms. The minimum Gasteiger partial charge on any atom is -0.343 e. The van der Waals surface area contributed by atoms with Gasteiger partial charge in [-0.1, -0.05) is 0 Å². The molecule has 0 radical (unpaired) electrons. The van der Waals surface area contributed by atoms with Crippen LogP contribution in [0.2, 0.25) is 0 Å². The van der Waals surface area contributed by atoms with Crippen LogP contribution in [0, 0.1) is 5.92 Å². The lowest BCUT2D eigenvalue weighted by molar-refractivity contribution is -0.135. The van der Waals surface area contributed by atoms with Crippen molar-refractivity contribution in [2.75, 3.05) is 27.2 Å². The molecular weight excluding hydrogens is 164 g/mol. The number of hydrogen-bond donors (Lipinski definition) is 0.